The number of aromatic nitrogens is 1. The van der Waals surface area contributed by atoms with Crippen molar-refractivity contribution in [3.63, 3.8) is 0 Å². The number of hydrogen-bond donors (Lipinski definition) is 1. The van der Waals surface area contributed by atoms with Gasteiger partial charge in [0.1, 0.15) is 0 Å². The van der Waals surface area contributed by atoms with Crippen molar-refractivity contribution < 1.29 is 0 Å². The van der Waals surface area contributed by atoms with E-state index < -0.39 is 0 Å². The van der Waals surface area contributed by atoms with E-state index in [1.807, 2.05) is 11.3 Å². The van der Waals surface area contributed by atoms with Crippen molar-refractivity contribution in [2.75, 3.05) is 6.54 Å². The highest BCUT2D eigenvalue weighted by Crippen LogP contribution is 2.34. The van der Waals surface area contributed by atoms with Crippen LogP contribution in [0.5, 0.6) is 0 Å². The molecule has 0 aliphatic heterocycles. The Hall–Kier alpha value is -1.19. The molecule has 0 atom stereocenters. The molecular formula is C18H24N2S. The summed E-state index contributed by atoms with van der Waals surface area (Å²) in [5, 5.41) is 1.23. The third-order valence-corrected chi connectivity index (χ3v) is 5.62. The van der Waals surface area contributed by atoms with Crippen molar-refractivity contribution in [1.82, 2.24) is 4.98 Å². The number of nitrogens with two attached hydrogens (primary N) is 1. The van der Waals surface area contributed by atoms with E-state index in [1.165, 1.54) is 58.0 Å². The summed E-state index contributed by atoms with van der Waals surface area (Å²) >= 11 is 1.83. The van der Waals surface area contributed by atoms with Crippen molar-refractivity contribution in [2.24, 2.45) is 5.73 Å². The fraction of sp³-hybridized carbons (Fsp3) is 0.500. The molecule has 1 aliphatic rings. The first-order valence-corrected chi connectivity index (χ1v) is 8.82. The molecule has 2 aromatic rings. The van der Waals surface area contributed by atoms with Gasteiger partial charge in [-0.25, -0.2) is 4.98 Å². The van der Waals surface area contributed by atoms with Gasteiger partial charge < -0.3 is 5.73 Å². The fourth-order valence-electron chi connectivity index (χ4n) is 3.02. The van der Waals surface area contributed by atoms with Crippen LogP contribution in [0.25, 0.3) is 11.3 Å². The topological polar surface area (TPSA) is 38.9 Å². The van der Waals surface area contributed by atoms with Gasteiger partial charge in [0.15, 0.2) is 0 Å². The molecule has 0 radical (unpaired) electrons. The number of aryl methyl sites for hydroxylation is 2. The monoisotopic (exact) mass is 300 g/mol. The molecule has 1 aliphatic carbocycles. The zero-order chi connectivity index (χ0) is 14.8. The van der Waals surface area contributed by atoms with Gasteiger partial charge in [-0.3, -0.25) is 0 Å². The molecule has 0 saturated carbocycles. The molecule has 112 valence electrons. The number of hydrogen-bond acceptors (Lipinski definition) is 3. The van der Waals surface area contributed by atoms with Crippen LogP contribution in [0.2, 0.25) is 0 Å². The molecule has 3 rings (SSSR count). The van der Waals surface area contributed by atoms with Gasteiger partial charge in [-0.05, 0) is 55.8 Å². The lowest BCUT2D eigenvalue weighted by molar-refractivity contribution is 0.686. The SMILES string of the molecule is CC(C)c1nc(-c2ccc3c(c2)CCCC3)c(CCN)s1. The van der Waals surface area contributed by atoms with E-state index in [0.29, 0.717) is 12.5 Å². The Bertz CT molecular complexity index is 628. The van der Waals surface area contributed by atoms with Gasteiger partial charge in [-0.1, -0.05) is 26.0 Å². The molecule has 0 spiro atoms. The molecule has 2 N–H and O–H groups in total. The summed E-state index contributed by atoms with van der Waals surface area (Å²) in [6.07, 6.45) is 6.03. The number of nitrogens with zero attached hydrogens (tertiary/aromatic N) is 1. The number of thiazole rings is 1. The lowest BCUT2D eigenvalue weighted by Gasteiger charge is -2.16. The van der Waals surface area contributed by atoms with Crippen LogP contribution in [0.1, 0.15) is 53.6 Å². The molecule has 1 aromatic heterocycles. The minimum Gasteiger partial charge on any atom is -0.330 e. The number of fused-ring (bicyclic) bond motifs is 1. The first-order chi connectivity index (χ1) is 10.2. The normalized spacial score (nSPS) is 14.5. The first-order valence-electron chi connectivity index (χ1n) is 8.01. The third-order valence-electron chi connectivity index (χ3n) is 4.20. The molecule has 2 nitrogen and oxygen atoms in total. The Balaban J connectivity index is 2.02. The minimum atomic E-state index is 0.484. The Kier molecular flexibility index (Phi) is 4.41. The van der Waals surface area contributed by atoms with Crippen LogP contribution in [0.15, 0.2) is 18.2 Å². The van der Waals surface area contributed by atoms with Crippen molar-refractivity contribution in [3.05, 3.63) is 39.2 Å². The molecule has 0 bridgehead atoms. The molecule has 21 heavy (non-hydrogen) atoms. The van der Waals surface area contributed by atoms with Crippen LogP contribution >= 0.6 is 11.3 Å². The van der Waals surface area contributed by atoms with E-state index in [0.717, 1.165) is 6.42 Å². The molecule has 1 heterocycles. The molecule has 1 aromatic carbocycles. The Morgan fingerprint density at radius 1 is 1.19 bits per heavy atom. The Morgan fingerprint density at radius 2 is 1.95 bits per heavy atom. The summed E-state index contributed by atoms with van der Waals surface area (Å²) in [7, 11) is 0. The van der Waals surface area contributed by atoms with E-state index >= 15 is 0 Å². The predicted molar refractivity (Wildman–Crippen MR) is 91.0 cm³/mol. The van der Waals surface area contributed by atoms with Gasteiger partial charge in [0.2, 0.25) is 0 Å². The van der Waals surface area contributed by atoms with Crippen molar-refractivity contribution in [3.8, 4) is 11.3 Å². The van der Waals surface area contributed by atoms with Crippen LogP contribution in [0.3, 0.4) is 0 Å². The Labute approximate surface area is 131 Å². The molecule has 0 saturated heterocycles. The number of rotatable bonds is 4. The predicted octanol–water partition coefficient (Wildman–Crippen LogP) is 4.31. The quantitative estimate of drug-likeness (QED) is 0.913. The summed E-state index contributed by atoms with van der Waals surface area (Å²) in [4.78, 5) is 6.25. The second kappa shape index (κ2) is 6.29. The van der Waals surface area contributed by atoms with Gasteiger partial charge in [0.25, 0.3) is 0 Å². The van der Waals surface area contributed by atoms with Gasteiger partial charge in [0, 0.05) is 16.4 Å². The van der Waals surface area contributed by atoms with Crippen LogP contribution in [-0.2, 0) is 19.3 Å². The standard InChI is InChI=1S/C18H24N2S/c1-12(2)18-20-17(16(21-18)9-10-19)15-8-7-13-5-3-4-6-14(13)11-15/h7-8,11-12H,3-6,9-10,19H2,1-2H3. The smallest absolute Gasteiger partial charge is 0.0960 e. The minimum absolute atomic E-state index is 0.484. The second-order valence-electron chi connectivity index (χ2n) is 6.21. The summed E-state index contributed by atoms with van der Waals surface area (Å²) in [5.41, 5.74) is 11.3. The van der Waals surface area contributed by atoms with E-state index in [1.54, 1.807) is 0 Å². The van der Waals surface area contributed by atoms with E-state index in [2.05, 4.69) is 32.0 Å². The lowest BCUT2D eigenvalue weighted by atomic mass is 9.90. The molecule has 3 heteroatoms. The van der Waals surface area contributed by atoms with Crippen molar-refractivity contribution in [2.45, 2.75) is 51.9 Å². The Morgan fingerprint density at radius 3 is 2.67 bits per heavy atom. The highest BCUT2D eigenvalue weighted by atomic mass is 32.1. The number of benzene rings is 1. The average Bonchev–Trinajstić information content (AvgIpc) is 2.91. The van der Waals surface area contributed by atoms with Crippen LogP contribution in [-0.4, -0.2) is 11.5 Å². The van der Waals surface area contributed by atoms with Gasteiger partial charge >= 0.3 is 0 Å². The fourth-order valence-corrected chi connectivity index (χ4v) is 4.13. The highest BCUT2D eigenvalue weighted by Gasteiger charge is 2.16. The van der Waals surface area contributed by atoms with Crippen LogP contribution in [0, 0.1) is 0 Å². The van der Waals surface area contributed by atoms with Gasteiger partial charge in [-0.15, -0.1) is 11.3 Å². The third kappa shape index (κ3) is 3.04. The van der Waals surface area contributed by atoms with Crippen molar-refractivity contribution >= 4 is 11.3 Å². The van der Waals surface area contributed by atoms with Gasteiger partial charge in [-0.2, -0.15) is 0 Å². The molecule has 0 fully saturated rings. The average molecular weight is 300 g/mol. The summed E-state index contributed by atoms with van der Waals surface area (Å²) < 4.78 is 0. The molecular weight excluding hydrogens is 276 g/mol. The highest BCUT2D eigenvalue weighted by molar-refractivity contribution is 7.12. The zero-order valence-electron chi connectivity index (χ0n) is 13.0. The summed E-state index contributed by atoms with van der Waals surface area (Å²) in [5.74, 6) is 0.484. The van der Waals surface area contributed by atoms with Crippen LogP contribution in [0.4, 0.5) is 0 Å². The van der Waals surface area contributed by atoms with E-state index in [4.69, 9.17) is 10.7 Å². The van der Waals surface area contributed by atoms with Crippen molar-refractivity contribution in [1.29, 1.82) is 0 Å². The lowest BCUT2D eigenvalue weighted by Crippen LogP contribution is -2.04. The maximum Gasteiger partial charge on any atom is 0.0960 e. The maximum absolute atomic E-state index is 5.78. The summed E-state index contributed by atoms with van der Waals surface area (Å²) in [6.45, 7) is 5.11. The second-order valence-corrected chi connectivity index (χ2v) is 7.32. The first kappa shape index (κ1) is 14.7. The van der Waals surface area contributed by atoms with E-state index in [9.17, 15) is 0 Å². The van der Waals surface area contributed by atoms with Gasteiger partial charge in [0.05, 0.1) is 10.7 Å². The maximum atomic E-state index is 5.78. The largest absolute Gasteiger partial charge is 0.330 e. The van der Waals surface area contributed by atoms with E-state index in [-0.39, 0.29) is 0 Å². The van der Waals surface area contributed by atoms with Crippen LogP contribution < -0.4 is 5.73 Å². The summed E-state index contributed by atoms with van der Waals surface area (Å²) in [6, 6.07) is 6.93. The molecule has 0 unspecified atom stereocenters. The molecule has 0 amide bonds. The zero-order valence-corrected chi connectivity index (χ0v) is 13.8.